The number of carbonyl (C=O) groups is 1. The fourth-order valence-corrected chi connectivity index (χ4v) is 3.64. The number of nitrogens with zero attached hydrogens (tertiary/aromatic N) is 4. The summed E-state index contributed by atoms with van der Waals surface area (Å²) in [5.41, 5.74) is 2.25. The summed E-state index contributed by atoms with van der Waals surface area (Å²) in [5.74, 6) is 0.419. The molecule has 0 atom stereocenters. The van der Waals surface area contributed by atoms with E-state index in [1.165, 1.54) is 12.1 Å². The molecule has 4 rings (SSSR count). The number of rotatable bonds is 3. The molecule has 148 valence electrons. The summed E-state index contributed by atoms with van der Waals surface area (Å²) in [7, 11) is 0. The van der Waals surface area contributed by atoms with E-state index in [2.05, 4.69) is 14.5 Å². The highest BCUT2D eigenvalue weighted by molar-refractivity contribution is 5.80. The Morgan fingerprint density at radius 1 is 1.25 bits per heavy atom. The van der Waals surface area contributed by atoms with Gasteiger partial charge in [-0.05, 0) is 44.0 Å². The van der Waals surface area contributed by atoms with E-state index in [0.717, 1.165) is 29.9 Å². The maximum Gasteiger partial charge on any atom is 0.409 e. The predicted molar refractivity (Wildman–Crippen MR) is 102 cm³/mol. The Labute approximate surface area is 161 Å². The SMILES string of the molecule is CCOC(=O)N1CCC(n2c(-c3ccccn3)nc3cc(F)ccc32)CC1.F. The van der Waals surface area contributed by atoms with Crippen LogP contribution in [-0.4, -0.2) is 45.2 Å². The molecule has 28 heavy (non-hydrogen) atoms. The number of halogens is 2. The van der Waals surface area contributed by atoms with Gasteiger partial charge in [0.05, 0.1) is 17.6 Å². The summed E-state index contributed by atoms with van der Waals surface area (Å²) in [6.45, 7) is 3.42. The van der Waals surface area contributed by atoms with E-state index in [9.17, 15) is 9.18 Å². The topological polar surface area (TPSA) is 60.2 Å². The highest BCUT2D eigenvalue weighted by Crippen LogP contribution is 2.33. The van der Waals surface area contributed by atoms with E-state index in [-0.39, 0.29) is 22.7 Å². The lowest BCUT2D eigenvalue weighted by atomic mass is 10.0. The van der Waals surface area contributed by atoms with E-state index in [0.29, 0.717) is 25.2 Å². The minimum absolute atomic E-state index is 0. The molecule has 8 heteroatoms. The zero-order valence-electron chi connectivity index (χ0n) is 15.5. The molecule has 0 N–H and O–H groups in total. The molecule has 0 aliphatic carbocycles. The molecule has 1 aromatic carbocycles. The summed E-state index contributed by atoms with van der Waals surface area (Å²) in [4.78, 5) is 22.8. The number of hydrogen-bond donors (Lipinski definition) is 0. The number of piperidine rings is 1. The maximum absolute atomic E-state index is 13.7. The van der Waals surface area contributed by atoms with E-state index >= 15 is 0 Å². The third-order valence-corrected chi connectivity index (χ3v) is 4.90. The van der Waals surface area contributed by atoms with Gasteiger partial charge in [0.1, 0.15) is 11.5 Å². The number of ether oxygens (including phenoxy) is 1. The highest BCUT2D eigenvalue weighted by atomic mass is 19.1. The van der Waals surface area contributed by atoms with Gasteiger partial charge in [0.2, 0.25) is 0 Å². The largest absolute Gasteiger partial charge is 0.450 e. The number of benzene rings is 1. The number of hydrogen-bond acceptors (Lipinski definition) is 4. The van der Waals surface area contributed by atoms with Gasteiger partial charge in [0.15, 0.2) is 5.82 Å². The molecule has 3 heterocycles. The average Bonchev–Trinajstić information content (AvgIpc) is 3.07. The standard InChI is InChI=1S/C20H21FN4O2.FH/c1-2-27-20(26)24-11-8-15(9-12-24)25-18-7-6-14(21)13-17(18)23-19(25)16-5-3-4-10-22-16;/h3-7,10,13,15H,2,8-9,11-12H2,1H3;1H. The molecular weight excluding hydrogens is 366 g/mol. The third-order valence-electron chi connectivity index (χ3n) is 4.90. The van der Waals surface area contributed by atoms with Crippen molar-refractivity contribution in [1.82, 2.24) is 19.4 Å². The van der Waals surface area contributed by atoms with Gasteiger partial charge in [-0.1, -0.05) is 6.07 Å². The van der Waals surface area contributed by atoms with Gasteiger partial charge in [0.25, 0.3) is 0 Å². The molecule has 0 unspecified atom stereocenters. The Morgan fingerprint density at radius 2 is 2.04 bits per heavy atom. The molecule has 1 aliphatic heterocycles. The second kappa shape index (κ2) is 8.33. The fourth-order valence-electron chi connectivity index (χ4n) is 3.64. The second-order valence-corrected chi connectivity index (χ2v) is 6.57. The van der Waals surface area contributed by atoms with Crippen molar-refractivity contribution in [1.29, 1.82) is 0 Å². The monoisotopic (exact) mass is 388 g/mol. The van der Waals surface area contributed by atoms with Crippen LogP contribution < -0.4 is 0 Å². The van der Waals surface area contributed by atoms with Crippen molar-refractivity contribution in [2.45, 2.75) is 25.8 Å². The third kappa shape index (κ3) is 3.67. The number of carbonyl (C=O) groups excluding carboxylic acids is 1. The first-order valence-corrected chi connectivity index (χ1v) is 9.18. The van der Waals surface area contributed by atoms with Crippen molar-refractivity contribution < 1.29 is 18.6 Å². The van der Waals surface area contributed by atoms with Crippen molar-refractivity contribution in [3.05, 3.63) is 48.4 Å². The molecule has 1 fully saturated rings. The molecule has 1 amide bonds. The van der Waals surface area contributed by atoms with E-state index < -0.39 is 0 Å². The minimum atomic E-state index is -0.308. The second-order valence-electron chi connectivity index (χ2n) is 6.57. The molecule has 0 bridgehead atoms. The maximum atomic E-state index is 13.7. The lowest BCUT2D eigenvalue weighted by Crippen LogP contribution is -2.39. The van der Waals surface area contributed by atoms with E-state index in [1.54, 1.807) is 24.1 Å². The molecule has 3 aromatic rings. The van der Waals surface area contributed by atoms with Crippen molar-refractivity contribution in [3.63, 3.8) is 0 Å². The number of fused-ring (bicyclic) bond motifs is 1. The van der Waals surface area contributed by atoms with Gasteiger partial charge in [-0.15, -0.1) is 0 Å². The van der Waals surface area contributed by atoms with Crippen molar-refractivity contribution in [2.24, 2.45) is 0 Å². The Hall–Kier alpha value is -3.03. The van der Waals surface area contributed by atoms with Crippen LogP contribution in [-0.2, 0) is 4.74 Å². The Bertz CT molecular complexity index is 953. The Morgan fingerprint density at radius 3 is 2.71 bits per heavy atom. The average molecular weight is 388 g/mol. The number of aromatic nitrogens is 3. The first-order valence-electron chi connectivity index (χ1n) is 9.18. The summed E-state index contributed by atoms with van der Waals surface area (Å²) in [5, 5.41) is 0. The van der Waals surface area contributed by atoms with Gasteiger partial charge < -0.3 is 14.2 Å². The highest BCUT2D eigenvalue weighted by Gasteiger charge is 2.28. The van der Waals surface area contributed by atoms with Crippen molar-refractivity contribution in [2.75, 3.05) is 19.7 Å². The summed E-state index contributed by atoms with van der Waals surface area (Å²) < 4.78 is 21.0. The van der Waals surface area contributed by atoms with E-state index in [4.69, 9.17) is 4.74 Å². The summed E-state index contributed by atoms with van der Waals surface area (Å²) in [6, 6.07) is 10.5. The quantitative estimate of drug-likeness (QED) is 0.675. The van der Waals surface area contributed by atoms with Crippen LogP contribution in [0, 0.1) is 5.82 Å². The zero-order chi connectivity index (χ0) is 18.8. The molecular formula is C20H22F2N4O2. The van der Waals surface area contributed by atoms with Crippen LogP contribution in [0.1, 0.15) is 25.8 Å². The molecule has 1 saturated heterocycles. The number of amides is 1. The van der Waals surface area contributed by atoms with Crippen LogP contribution in [0.2, 0.25) is 0 Å². The van der Waals surface area contributed by atoms with Crippen molar-refractivity contribution >= 4 is 17.1 Å². The van der Waals surface area contributed by atoms with Crippen LogP contribution >= 0.6 is 0 Å². The molecule has 0 saturated carbocycles. The lowest BCUT2D eigenvalue weighted by Gasteiger charge is -2.32. The van der Waals surface area contributed by atoms with Gasteiger partial charge in [-0.2, -0.15) is 0 Å². The molecule has 6 nitrogen and oxygen atoms in total. The van der Waals surface area contributed by atoms with Crippen LogP contribution in [0.5, 0.6) is 0 Å². The molecule has 0 spiro atoms. The Balaban J connectivity index is 0.00000225. The van der Waals surface area contributed by atoms with Crippen molar-refractivity contribution in [3.8, 4) is 11.5 Å². The number of imidazole rings is 1. The molecule has 2 aromatic heterocycles. The van der Waals surface area contributed by atoms with Crippen LogP contribution in [0.15, 0.2) is 42.6 Å². The van der Waals surface area contributed by atoms with Gasteiger partial charge >= 0.3 is 6.09 Å². The lowest BCUT2D eigenvalue weighted by molar-refractivity contribution is 0.0931. The Kier molecular flexibility index (Phi) is 5.87. The van der Waals surface area contributed by atoms with Crippen LogP contribution in [0.3, 0.4) is 0 Å². The van der Waals surface area contributed by atoms with Gasteiger partial charge in [0, 0.05) is 31.4 Å². The van der Waals surface area contributed by atoms with Crippen LogP contribution in [0.25, 0.3) is 22.6 Å². The van der Waals surface area contributed by atoms with Gasteiger partial charge in [-0.25, -0.2) is 14.2 Å². The predicted octanol–water partition coefficient (Wildman–Crippen LogP) is 4.18. The van der Waals surface area contributed by atoms with Gasteiger partial charge in [-0.3, -0.25) is 9.69 Å². The van der Waals surface area contributed by atoms with E-state index in [1.807, 2.05) is 18.2 Å². The zero-order valence-corrected chi connectivity index (χ0v) is 15.5. The molecule has 1 aliphatic rings. The van der Waals surface area contributed by atoms with Crippen LogP contribution in [0.4, 0.5) is 13.9 Å². The number of pyridine rings is 1. The normalized spacial score (nSPS) is 14.7. The first-order chi connectivity index (χ1) is 13.2. The fraction of sp³-hybridized carbons (Fsp3) is 0.350. The minimum Gasteiger partial charge on any atom is -0.450 e. The smallest absolute Gasteiger partial charge is 0.409 e. The summed E-state index contributed by atoms with van der Waals surface area (Å²) in [6.07, 6.45) is 3.02. The first kappa shape index (κ1) is 19.7. The number of likely N-dealkylation sites (tertiary alicyclic amines) is 1. The summed E-state index contributed by atoms with van der Waals surface area (Å²) >= 11 is 0. The molecule has 0 radical (unpaired) electrons.